The first-order valence-electron chi connectivity index (χ1n) is 9.17. The van der Waals surface area contributed by atoms with Crippen LogP contribution in [-0.4, -0.2) is 32.8 Å². The van der Waals surface area contributed by atoms with Crippen LogP contribution >= 0.6 is 0 Å². The van der Waals surface area contributed by atoms with E-state index in [2.05, 4.69) is 20.3 Å². The number of anilines is 1. The molecular formula is C21H19FN4O2. The fourth-order valence-corrected chi connectivity index (χ4v) is 3.08. The second kappa shape index (κ2) is 7.07. The number of halogens is 1. The van der Waals surface area contributed by atoms with E-state index in [0.717, 1.165) is 22.1 Å². The van der Waals surface area contributed by atoms with Crippen molar-refractivity contribution >= 4 is 28.4 Å². The summed E-state index contributed by atoms with van der Waals surface area (Å²) < 4.78 is 13.0. The van der Waals surface area contributed by atoms with E-state index >= 15 is 0 Å². The van der Waals surface area contributed by atoms with Crippen molar-refractivity contribution in [2.45, 2.75) is 32.9 Å². The molecule has 3 heterocycles. The Balaban J connectivity index is 1.60. The Hall–Kier alpha value is -3.22. The Kier molecular flexibility index (Phi) is 4.58. The van der Waals surface area contributed by atoms with Gasteiger partial charge in [-0.15, -0.1) is 0 Å². The number of ketones is 1. The smallest absolute Gasteiger partial charge is 0.231 e. The molecule has 0 aliphatic heterocycles. The first kappa shape index (κ1) is 18.2. The molecule has 28 heavy (non-hydrogen) atoms. The summed E-state index contributed by atoms with van der Waals surface area (Å²) in [7, 11) is 0. The van der Waals surface area contributed by atoms with Crippen LogP contribution in [-0.2, 0) is 4.79 Å². The van der Waals surface area contributed by atoms with Gasteiger partial charge in [-0.25, -0.2) is 9.37 Å². The van der Waals surface area contributed by atoms with Crippen LogP contribution in [0.2, 0.25) is 0 Å². The third-order valence-electron chi connectivity index (χ3n) is 4.89. The van der Waals surface area contributed by atoms with Gasteiger partial charge in [0.1, 0.15) is 17.7 Å². The van der Waals surface area contributed by atoms with Gasteiger partial charge in [-0.05, 0) is 31.0 Å². The van der Waals surface area contributed by atoms with Crippen molar-refractivity contribution in [3.05, 3.63) is 48.0 Å². The Morgan fingerprint density at radius 1 is 1.14 bits per heavy atom. The molecular weight excluding hydrogens is 359 g/mol. The topological polar surface area (TPSA) is 84.8 Å². The van der Waals surface area contributed by atoms with Crippen molar-refractivity contribution in [3.63, 3.8) is 0 Å². The summed E-state index contributed by atoms with van der Waals surface area (Å²) in [5.74, 6) is -0.544. The van der Waals surface area contributed by atoms with Gasteiger partial charge in [0, 0.05) is 47.6 Å². The van der Waals surface area contributed by atoms with E-state index in [1.54, 1.807) is 30.7 Å². The van der Waals surface area contributed by atoms with Gasteiger partial charge in [0.2, 0.25) is 5.91 Å². The van der Waals surface area contributed by atoms with Gasteiger partial charge in [-0.1, -0.05) is 6.92 Å². The highest BCUT2D eigenvalue weighted by Crippen LogP contribution is 2.34. The standard InChI is InChI=1S/C21H19FN4O2/c1-3-19(27)18-4-11(2)15(10-24-18)12-5-13-9-25-20(7-17(13)23-8-12)26-21(28)14-6-16(14)22/h4-5,7-10,14,16H,3,6H2,1-2H3,(H,25,26,28)/t14-,16+/m1/s1. The molecule has 4 rings (SSSR count). The minimum atomic E-state index is -1.04. The number of rotatable bonds is 5. The predicted octanol–water partition coefficient (Wildman–Crippen LogP) is 3.89. The summed E-state index contributed by atoms with van der Waals surface area (Å²) in [4.78, 5) is 36.6. The molecule has 0 radical (unpaired) electrons. The lowest BCUT2D eigenvalue weighted by atomic mass is 10.0. The number of aromatic nitrogens is 3. The maximum absolute atomic E-state index is 13.0. The van der Waals surface area contributed by atoms with Crippen LogP contribution in [0.1, 0.15) is 35.8 Å². The maximum atomic E-state index is 13.0. The molecule has 0 saturated heterocycles. The molecule has 0 aromatic carbocycles. The lowest BCUT2D eigenvalue weighted by molar-refractivity contribution is -0.117. The molecule has 0 spiro atoms. The van der Waals surface area contributed by atoms with Gasteiger partial charge in [-0.2, -0.15) is 0 Å². The number of Topliss-reactive ketones (excluding diaryl/α,β-unsaturated/α-hetero) is 1. The van der Waals surface area contributed by atoms with E-state index in [9.17, 15) is 14.0 Å². The largest absolute Gasteiger partial charge is 0.310 e. The maximum Gasteiger partial charge on any atom is 0.231 e. The average molecular weight is 378 g/mol. The number of pyridine rings is 3. The summed E-state index contributed by atoms with van der Waals surface area (Å²) >= 11 is 0. The summed E-state index contributed by atoms with van der Waals surface area (Å²) in [6, 6.07) is 5.39. The number of hydrogen-bond acceptors (Lipinski definition) is 5. The zero-order valence-corrected chi connectivity index (χ0v) is 15.6. The SMILES string of the molecule is CCC(=O)c1cc(C)c(-c2cnc3cc(NC(=O)[C@@H]4C[C@@H]4F)ncc3c2)cn1. The van der Waals surface area contributed by atoms with Gasteiger partial charge in [0.05, 0.1) is 11.4 Å². The second-order valence-electron chi connectivity index (χ2n) is 6.99. The molecule has 1 amide bonds. The molecule has 3 aromatic rings. The number of fused-ring (bicyclic) bond motifs is 1. The Bertz CT molecular complexity index is 1100. The summed E-state index contributed by atoms with van der Waals surface area (Å²) in [6.07, 6.45) is 4.68. The molecule has 7 heteroatoms. The molecule has 1 aliphatic carbocycles. The molecule has 6 nitrogen and oxygen atoms in total. The van der Waals surface area contributed by atoms with Gasteiger partial charge >= 0.3 is 0 Å². The van der Waals surface area contributed by atoms with Gasteiger partial charge in [0.25, 0.3) is 0 Å². The number of alkyl halides is 1. The Morgan fingerprint density at radius 2 is 1.93 bits per heavy atom. The first-order chi connectivity index (χ1) is 13.5. The highest BCUT2D eigenvalue weighted by Gasteiger charge is 2.43. The van der Waals surface area contributed by atoms with Gasteiger partial charge in [-0.3, -0.25) is 19.6 Å². The zero-order chi connectivity index (χ0) is 19.8. The summed E-state index contributed by atoms with van der Waals surface area (Å²) in [5.41, 5.74) is 3.83. The number of hydrogen-bond donors (Lipinski definition) is 1. The van der Waals surface area contributed by atoms with Crippen molar-refractivity contribution < 1.29 is 14.0 Å². The highest BCUT2D eigenvalue weighted by molar-refractivity contribution is 5.96. The van der Waals surface area contributed by atoms with Crippen LogP contribution in [0.5, 0.6) is 0 Å². The minimum Gasteiger partial charge on any atom is -0.310 e. The number of amides is 1. The number of nitrogens with zero attached hydrogens (tertiary/aromatic N) is 3. The molecule has 3 aromatic heterocycles. The van der Waals surface area contributed by atoms with Crippen LogP contribution in [0.3, 0.4) is 0 Å². The number of carbonyl (C=O) groups is 2. The van der Waals surface area contributed by atoms with Crippen molar-refractivity contribution in [1.29, 1.82) is 0 Å². The van der Waals surface area contributed by atoms with Gasteiger partial charge in [0.15, 0.2) is 5.78 Å². The molecule has 1 fully saturated rings. The van der Waals surface area contributed by atoms with Crippen LogP contribution < -0.4 is 5.32 Å². The molecule has 0 bridgehead atoms. The lowest BCUT2D eigenvalue weighted by Gasteiger charge is -2.09. The molecule has 142 valence electrons. The molecule has 0 unspecified atom stereocenters. The van der Waals surface area contributed by atoms with Crippen LogP contribution in [0.25, 0.3) is 22.0 Å². The van der Waals surface area contributed by atoms with Crippen LogP contribution in [0, 0.1) is 12.8 Å². The number of carbonyl (C=O) groups excluding carboxylic acids is 2. The van der Waals surface area contributed by atoms with E-state index in [0.29, 0.717) is 23.4 Å². The highest BCUT2D eigenvalue weighted by atomic mass is 19.1. The van der Waals surface area contributed by atoms with Crippen molar-refractivity contribution in [1.82, 2.24) is 15.0 Å². The van der Waals surface area contributed by atoms with Crippen molar-refractivity contribution in [2.24, 2.45) is 5.92 Å². The van der Waals surface area contributed by atoms with Crippen molar-refractivity contribution in [2.75, 3.05) is 5.32 Å². The second-order valence-corrected chi connectivity index (χ2v) is 6.99. The normalized spacial score (nSPS) is 18.1. The molecule has 1 saturated carbocycles. The van der Waals surface area contributed by atoms with Crippen molar-refractivity contribution in [3.8, 4) is 11.1 Å². The zero-order valence-electron chi connectivity index (χ0n) is 15.6. The van der Waals surface area contributed by atoms with E-state index < -0.39 is 12.1 Å². The van der Waals surface area contributed by atoms with Crippen LogP contribution in [0.4, 0.5) is 10.2 Å². The fraction of sp³-hybridized carbons (Fsp3) is 0.286. The van der Waals surface area contributed by atoms with Gasteiger partial charge < -0.3 is 5.32 Å². The number of aryl methyl sites for hydroxylation is 1. The monoisotopic (exact) mass is 378 g/mol. The molecule has 2 atom stereocenters. The van der Waals surface area contributed by atoms with Crippen LogP contribution in [0.15, 0.2) is 36.8 Å². The molecule has 1 aliphatic rings. The Labute approximate surface area is 161 Å². The fourth-order valence-electron chi connectivity index (χ4n) is 3.08. The third kappa shape index (κ3) is 3.47. The Morgan fingerprint density at radius 3 is 2.61 bits per heavy atom. The van der Waals surface area contributed by atoms with E-state index in [1.807, 2.05) is 19.9 Å². The summed E-state index contributed by atoms with van der Waals surface area (Å²) in [6.45, 7) is 3.74. The minimum absolute atomic E-state index is 0.00958. The van der Waals surface area contributed by atoms with E-state index in [1.165, 1.54) is 0 Å². The number of nitrogens with one attached hydrogen (secondary N) is 1. The average Bonchev–Trinajstić information content (AvgIpc) is 3.43. The lowest BCUT2D eigenvalue weighted by Crippen LogP contribution is -2.15. The molecule has 1 N–H and O–H groups in total. The summed E-state index contributed by atoms with van der Waals surface area (Å²) in [5, 5.41) is 3.44. The van der Waals surface area contributed by atoms with E-state index in [4.69, 9.17) is 0 Å². The first-order valence-corrected chi connectivity index (χ1v) is 9.17. The van der Waals surface area contributed by atoms with E-state index in [-0.39, 0.29) is 18.1 Å². The third-order valence-corrected chi connectivity index (χ3v) is 4.89. The predicted molar refractivity (Wildman–Crippen MR) is 104 cm³/mol. The quantitative estimate of drug-likeness (QED) is 0.681.